The van der Waals surface area contributed by atoms with Crippen molar-refractivity contribution in [3.05, 3.63) is 77.9 Å². The van der Waals surface area contributed by atoms with Gasteiger partial charge >= 0.3 is 0 Å². The lowest BCUT2D eigenvalue weighted by molar-refractivity contribution is -0.112. The fourth-order valence-electron chi connectivity index (χ4n) is 3.71. The van der Waals surface area contributed by atoms with E-state index in [4.69, 9.17) is 16.3 Å². The molecule has 1 aliphatic heterocycles. The van der Waals surface area contributed by atoms with Crippen LogP contribution >= 0.6 is 11.6 Å². The minimum absolute atomic E-state index is 0.0831. The molecule has 1 aliphatic rings. The number of ether oxygens (including phenoxy) is 1. The van der Waals surface area contributed by atoms with Gasteiger partial charge in [0.05, 0.1) is 17.7 Å². The summed E-state index contributed by atoms with van der Waals surface area (Å²) in [6, 6.07) is 12.4. The second-order valence-corrected chi connectivity index (χ2v) is 9.12. The quantitative estimate of drug-likeness (QED) is 0.522. The summed E-state index contributed by atoms with van der Waals surface area (Å²) >= 11 is 5.74. The molecule has 3 aromatic carbocycles. The molecular weight excluding hydrogens is 448 g/mol. The second-order valence-electron chi connectivity index (χ2n) is 6.93. The van der Waals surface area contributed by atoms with Crippen molar-refractivity contribution in [3.63, 3.8) is 0 Å². The van der Waals surface area contributed by atoms with Crippen LogP contribution in [0.25, 0.3) is 11.1 Å². The number of rotatable bonds is 5. The lowest BCUT2D eigenvalue weighted by atomic mass is 10.1. The molecule has 0 aliphatic carbocycles. The summed E-state index contributed by atoms with van der Waals surface area (Å²) in [4.78, 5) is 12.0. The zero-order valence-electron chi connectivity index (χ0n) is 16.2. The molecule has 0 N–H and O–H groups in total. The van der Waals surface area contributed by atoms with Gasteiger partial charge in [0.1, 0.15) is 23.4 Å². The predicted octanol–water partition coefficient (Wildman–Crippen LogP) is 4.53. The van der Waals surface area contributed by atoms with Gasteiger partial charge < -0.3 is 4.74 Å². The van der Waals surface area contributed by atoms with E-state index in [0.29, 0.717) is 22.6 Å². The number of halogens is 3. The average molecular weight is 464 g/mol. The van der Waals surface area contributed by atoms with Gasteiger partial charge in [0, 0.05) is 23.6 Å². The highest BCUT2D eigenvalue weighted by Crippen LogP contribution is 2.42. The molecule has 0 radical (unpaired) electrons. The Labute approximate surface area is 182 Å². The Kier molecular flexibility index (Phi) is 5.45. The van der Waals surface area contributed by atoms with E-state index in [1.807, 2.05) is 0 Å². The summed E-state index contributed by atoms with van der Waals surface area (Å²) < 4.78 is 60.4. The highest BCUT2D eigenvalue weighted by molar-refractivity contribution is 7.93. The van der Waals surface area contributed by atoms with Crippen LogP contribution in [0.5, 0.6) is 5.75 Å². The molecule has 0 amide bonds. The van der Waals surface area contributed by atoms with Gasteiger partial charge in [0.2, 0.25) is 5.24 Å². The molecule has 0 saturated carbocycles. The Morgan fingerprint density at radius 1 is 1.10 bits per heavy atom. The number of carbonyl (C=O) groups is 1. The maximum Gasteiger partial charge on any atom is 0.265 e. The van der Waals surface area contributed by atoms with Gasteiger partial charge in [-0.1, -0.05) is 18.2 Å². The Morgan fingerprint density at radius 2 is 1.81 bits per heavy atom. The van der Waals surface area contributed by atoms with E-state index in [0.717, 1.165) is 16.4 Å². The minimum atomic E-state index is -4.17. The number of sulfonamides is 1. The third-order valence-electron chi connectivity index (χ3n) is 5.16. The maximum atomic E-state index is 14.1. The Morgan fingerprint density at radius 3 is 2.42 bits per heavy atom. The van der Waals surface area contributed by atoms with Crippen LogP contribution in [0.2, 0.25) is 0 Å². The first-order valence-electron chi connectivity index (χ1n) is 9.19. The van der Waals surface area contributed by atoms with Crippen molar-refractivity contribution in [2.45, 2.75) is 17.4 Å². The Bertz CT molecular complexity index is 1280. The molecule has 0 aromatic heterocycles. The molecule has 31 heavy (non-hydrogen) atoms. The summed E-state index contributed by atoms with van der Waals surface area (Å²) in [5.74, 6) is -1.01. The predicted molar refractivity (Wildman–Crippen MR) is 113 cm³/mol. The SMILES string of the molecule is COc1cccc2c1CC(C(=O)Cl)N2S(=O)(=O)c1ccc(-c2ccc(F)cc2F)cc1. The first-order chi connectivity index (χ1) is 14.7. The molecular formula is C22H16ClF2NO4S. The summed E-state index contributed by atoms with van der Waals surface area (Å²) in [5, 5.41) is -0.813. The molecule has 160 valence electrons. The number of anilines is 1. The van der Waals surface area contributed by atoms with Gasteiger partial charge in [-0.05, 0) is 53.6 Å². The molecule has 9 heteroatoms. The largest absolute Gasteiger partial charge is 0.496 e. The van der Waals surface area contributed by atoms with Crippen LogP contribution in [0, 0.1) is 11.6 Å². The van der Waals surface area contributed by atoms with E-state index < -0.39 is 32.9 Å². The van der Waals surface area contributed by atoms with Crippen molar-refractivity contribution < 1.29 is 26.7 Å². The van der Waals surface area contributed by atoms with Gasteiger partial charge in [0.25, 0.3) is 10.0 Å². The first kappa shape index (κ1) is 21.3. The topological polar surface area (TPSA) is 63.7 Å². The summed E-state index contributed by atoms with van der Waals surface area (Å²) in [6.07, 6.45) is 0.0831. The first-order valence-corrected chi connectivity index (χ1v) is 11.0. The average Bonchev–Trinajstić information content (AvgIpc) is 3.15. The number of fused-ring (bicyclic) bond motifs is 1. The zero-order valence-corrected chi connectivity index (χ0v) is 17.8. The molecule has 1 atom stereocenters. The van der Waals surface area contributed by atoms with Crippen LogP contribution in [0.4, 0.5) is 14.5 Å². The van der Waals surface area contributed by atoms with Gasteiger partial charge in [-0.3, -0.25) is 9.10 Å². The molecule has 5 nitrogen and oxygen atoms in total. The fourth-order valence-corrected chi connectivity index (χ4v) is 5.59. The summed E-state index contributed by atoms with van der Waals surface area (Å²) in [6.45, 7) is 0. The number of hydrogen-bond acceptors (Lipinski definition) is 4. The smallest absolute Gasteiger partial charge is 0.265 e. The second kappa shape index (κ2) is 7.94. The monoisotopic (exact) mass is 463 g/mol. The number of benzene rings is 3. The van der Waals surface area contributed by atoms with Crippen LogP contribution in [0.1, 0.15) is 5.56 Å². The van der Waals surface area contributed by atoms with Gasteiger partial charge in [-0.2, -0.15) is 0 Å². The lowest BCUT2D eigenvalue weighted by Crippen LogP contribution is -2.41. The van der Waals surface area contributed by atoms with Crippen molar-refractivity contribution in [2.24, 2.45) is 0 Å². The Hall–Kier alpha value is -2.97. The van der Waals surface area contributed by atoms with Crippen molar-refractivity contribution in [1.29, 1.82) is 0 Å². The standard InChI is InChI=1S/C22H16ClF2NO4S/c1-30-21-4-2-3-19-17(21)12-20(22(23)27)26(19)31(28,29)15-8-5-13(6-9-15)16-10-7-14(24)11-18(16)25/h2-11,20H,12H2,1H3. The highest BCUT2D eigenvalue weighted by atomic mass is 35.5. The van der Waals surface area contributed by atoms with E-state index in [2.05, 4.69) is 0 Å². The van der Waals surface area contributed by atoms with Crippen molar-refractivity contribution in [3.8, 4) is 16.9 Å². The van der Waals surface area contributed by atoms with Crippen LogP contribution < -0.4 is 9.04 Å². The minimum Gasteiger partial charge on any atom is -0.496 e. The normalized spacial score (nSPS) is 15.6. The molecule has 0 spiro atoms. The number of hydrogen-bond donors (Lipinski definition) is 0. The molecule has 0 saturated heterocycles. The summed E-state index contributed by atoms with van der Waals surface area (Å²) in [7, 11) is -2.71. The van der Waals surface area contributed by atoms with Crippen LogP contribution in [0.15, 0.2) is 65.6 Å². The van der Waals surface area contributed by atoms with E-state index in [-0.39, 0.29) is 16.9 Å². The van der Waals surface area contributed by atoms with Gasteiger partial charge in [0.15, 0.2) is 0 Å². The lowest BCUT2D eigenvalue weighted by Gasteiger charge is -2.24. The van der Waals surface area contributed by atoms with Crippen molar-refractivity contribution in [1.82, 2.24) is 0 Å². The molecule has 0 bridgehead atoms. The zero-order chi connectivity index (χ0) is 22.3. The van der Waals surface area contributed by atoms with E-state index >= 15 is 0 Å². The van der Waals surface area contributed by atoms with Gasteiger partial charge in [-0.25, -0.2) is 17.2 Å². The number of nitrogens with zero attached hydrogens (tertiary/aromatic N) is 1. The van der Waals surface area contributed by atoms with Gasteiger partial charge in [-0.15, -0.1) is 0 Å². The number of methoxy groups -OCH3 is 1. The van der Waals surface area contributed by atoms with Crippen LogP contribution in [-0.4, -0.2) is 26.8 Å². The third-order valence-corrected chi connectivity index (χ3v) is 7.25. The molecule has 0 fully saturated rings. The molecule has 4 rings (SSSR count). The molecule has 1 heterocycles. The van der Waals surface area contributed by atoms with Crippen molar-refractivity contribution >= 4 is 32.6 Å². The molecule has 1 unspecified atom stereocenters. The van der Waals surface area contributed by atoms with E-state index in [1.54, 1.807) is 18.2 Å². The van der Waals surface area contributed by atoms with Crippen molar-refractivity contribution in [2.75, 3.05) is 11.4 Å². The Balaban J connectivity index is 1.77. The molecule has 3 aromatic rings. The third kappa shape index (κ3) is 3.66. The van der Waals surface area contributed by atoms with Crippen LogP contribution in [0.3, 0.4) is 0 Å². The van der Waals surface area contributed by atoms with E-state index in [9.17, 15) is 22.0 Å². The summed E-state index contributed by atoms with van der Waals surface area (Å²) in [5.41, 5.74) is 1.39. The fraction of sp³-hybridized carbons (Fsp3) is 0.136. The van der Waals surface area contributed by atoms with Crippen LogP contribution in [-0.2, 0) is 21.2 Å². The maximum absolute atomic E-state index is 14.1. The highest BCUT2D eigenvalue weighted by Gasteiger charge is 2.43. The van der Waals surface area contributed by atoms with E-state index in [1.165, 1.54) is 37.4 Å². The number of carbonyl (C=O) groups excluding carboxylic acids is 1.